The van der Waals surface area contributed by atoms with Crippen LogP contribution >= 0.6 is 11.3 Å². The first kappa shape index (κ1) is 13.9. The minimum Gasteiger partial charge on any atom is -0.381 e. The van der Waals surface area contributed by atoms with Crippen LogP contribution < -0.4 is 10.5 Å². The first-order valence-electron chi connectivity index (χ1n) is 6.19. The van der Waals surface area contributed by atoms with Gasteiger partial charge >= 0.3 is 0 Å². The second-order valence-corrected chi connectivity index (χ2v) is 7.31. The quantitative estimate of drug-likeness (QED) is 0.775. The topological polar surface area (TPSA) is 89.5 Å². The average Bonchev–Trinajstić information content (AvgIpc) is 2.85. The van der Waals surface area contributed by atoms with Crippen molar-refractivity contribution in [2.75, 3.05) is 10.5 Å². The Labute approximate surface area is 126 Å². The molecular formula is C13H14N4O2S2. The molecule has 2 heterocycles. The van der Waals surface area contributed by atoms with Crippen LogP contribution in [0.5, 0.6) is 0 Å². The van der Waals surface area contributed by atoms with E-state index in [0.717, 1.165) is 11.1 Å². The second-order valence-electron chi connectivity index (χ2n) is 4.84. The molecular weight excluding hydrogens is 308 g/mol. The zero-order valence-corrected chi connectivity index (χ0v) is 13.1. The molecule has 0 bridgehead atoms. The lowest BCUT2D eigenvalue weighted by molar-refractivity contribution is 0.597. The molecule has 0 radical (unpaired) electrons. The van der Waals surface area contributed by atoms with Crippen molar-refractivity contribution in [2.24, 2.45) is 0 Å². The van der Waals surface area contributed by atoms with E-state index in [0.29, 0.717) is 10.6 Å². The molecule has 3 N–H and O–H groups in total. The third kappa shape index (κ3) is 2.47. The maximum absolute atomic E-state index is 12.6. The Hall–Kier alpha value is -2.06. The number of aromatic nitrogens is 2. The predicted molar refractivity (Wildman–Crippen MR) is 84.2 cm³/mol. The standard InChI is InChI=1S/C13H14N4O2S2/c1-8-5-9(2)7-10(6-8)16-21(18,19)12-11(14)15-13-17(12)3-4-20-13/h3-7,16H,14H2,1-2H3. The van der Waals surface area contributed by atoms with Gasteiger partial charge in [-0.25, -0.2) is 4.98 Å². The van der Waals surface area contributed by atoms with Crippen LogP contribution in [0.1, 0.15) is 11.1 Å². The number of hydrogen-bond donors (Lipinski definition) is 2. The summed E-state index contributed by atoms with van der Waals surface area (Å²) in [5.74, 6) is -0.00118. The van der Waals surface area contributed by atoms with Crippen LogP contribution in [0.2, 0.25) is 0 Å². The summed E-state index contributed by atoms with van der Waals surface area (Å²) in [7, 11) is -3.80. The number of nitrogens with one attached hydrogen (secondary N) is 1. The van der Waals surface area contributed by atoms with Crippen LogP contribution in [0.15, 0.2) is 34.8 Å². The summed E-state index contributed by atoms with van der Waals surface area (Å²) in [6, 6.07) is 5.52. The number of sulfonamides is 1. The summed E-state index contributed by atoms with van der Waals surface area (Å²) in [5, 5.41) is 1.73. The van der Waals surface area contributed by atoms with Crippen LogP contribution in [0.4, 0.5) is 11.5 Å². The third-order valence-electron chi connectivity index (χ3n) is 2.97. The number of aryl methyl sites for hydroxylation is 2. The molecule has 0 atom stereocenters. The second kappa shape index (κ2) is 4.74. The van der Waals surface area contributed by atoms with E-state index < -0.39 is 10.0 Å². The van der Waals surface area contributed by atoms with E-state index in [2.05, 4.69) is 9.71 Å². The van der Waals surface area contributed by atoms with Gasteiger partial charge in [-0.15, -0.1) is 11.3 Å². The van der Waals surface area contributed by atoms with Crippen molar-refractivity contribution in [2.45, 2.75) is 18.9 Å². The van der Waals surface area contributed by atoms with Gasteiger partial charge in [0.05, 0.1) is 0 Å². The van der Waals surface area contributed by atoms with Crippen molar-refractivity contribution in [3.05, 3.63) is 40.9 Å². The zero-order valence-electron chi connectivity index (χ0n) is 11.5. The molecule has 0 saturated carbocycles. The maximum Gasteiger partial charge on any atom is 0.281 e. The van der Waals surface area contributed by atoms with Crippen molar-refractivity contribution < 1.29 is 8.42 Å². The summed E-state index contributed by atoms with van der Waals surface area (Å²) in [4.78, 5) is 4.61. The molecule has 0 fully saturated rings. The van der Waals surface area contributed by atoms with Gasteiger partial charge in [0, 0.05) is 17.3 Å². The summed E-state index contributed by atoms with van der Waals surface area (Å²) in [6.45, 7) is 3.82. The van der Waals surface area contributed by atoms with Crippen molar-refractivity contribution in [3.63, 3.8) is 0 Å². The highest BCUT2D eigenvalue weighted by molar-refractivity contribution is 7.92. The van der Waals surface area contributed by atoms with Gasteiger partial charge in [0.2, 0.25) is 5.03 Å². The number of fused-ring (bicyclic) bond motifs is 1. The number of rotatable bonds is 3. The highest BCUT2D eigenvalue weighted by atomic mass is 32.2. The van der Waals surface area contributed by atoms with Crippen molar-refractivity contribution >= 4 is 37.8 Å². The minimum atomic E-state index is -3.80. The molecule has 1 aromatic carbocycles. The fourth-order valence-corrected chi connectivity index (χ4v) is 4.32. The van der Waals surface area contributed by atoms with E-state index in [1.54, 1.807) is 23.7 Å². The molecule has 0 spiro atoms. The van der Waals surface area contributed by atoms with E-state index in [1.165, 1.54) is 15.7 Å². The van der Waals surface area contributed by atoms with Crippen LogP contribution in [-0.2, 0) is 10.0 Å². The fourth-order valence-electron chi connectivity index (χ4n) is 2.29. The molecule has 8 heteroatoms. The van der Waals surface area contributed by atoms with Crippen molar-refractivity contribution in [3.8, 4) is 0 Å². The Morgan fingerprint density at radius 1 is 1.24 bits per heavy atom. The molecule has 3 aromatic rings. The molecule has 2 aromatic heterocycles. The third-order valence-corrected chi connectivity index (χ3v) is 5.15. The summed E-state index contributed by atoms with van der Waals surface area (Å²) in [6.07, 6.45) is 1.64. The number of imidazole rings is 1. The Bertz CT molecular complexity index is 905. The van der Waals surface area contributed by atoms with Gasteiger partial charge in [-0.2, -0.15) is 8.42 Å². The summed E-state index contributed by atoms with van der Waals surface area (Å²) < 4.78 is 29.2. The lowest BCUT2D eigenvalue weighted by Gasteiger charge is -2.09. The smallest absolute Gasteiger partial charge is 0.281 e. The first-order chi connectivity index (χ1) is 9.87. The maximum atomic E-state index is 12.6. The van der Waals surface area contributed by atoms with E-state index in [-0.39, 0.29) is 10.8 Å². The molecule has 0 aliphatic carbocycles. The van der Waals surface area contributed by atoms with Gasteiger partial charge in [-0.05, 0) is 37.1 Å². The van der Waals surface area contributed by atoms with E-state index in [9.17, 15) is 8.42 Å². The Balaban J connectivity index is 2.08. The van der Waals surface area contributed by atoms with Gasteiger partial charge in [-0.1, -0.05) is 6.07 Å². The first-order valence-corrected chi connectivity index (χ1v) is 8.55. The number of benzene rings is 1. The Morgan fingerprint density at radius 2 is 1.90 bits per heavy atom. The molecule has 0 aliphatic rings. The molecule has 0 aliphatic heterocycles. The number of nitrogens with two attached hydrogens (primary N) is 1. The number of thiazole rings is 1. The highest BCUT2D eigenvalue weighted by Gasteiger charge is 2.24. The van der Waals surface area contributed by atoms with Gasteiger partial charge < -0.3 is 5.73 Å². The highest BCUT2D eigenvalue weighted by Crippen LogP contribution is 2.26. The normalized spacial score (nSPS) is 11.9. The number of nitrogen functional groups attached to an aromatic ring is 1. The predicted octanol–water partition coefficient (Wildman–Crippen LogP) is 2.40. The average molecular weight is 322 g/mol. The monoisotopic (exact) mass is 322 g/mol. The largest absolute Gasteiger partial charge is 0.381 e. The lowest BCUT2D eigenvalue weighted by atomic mass is 10.1. The molecule has 6 nitrogen and oxygen atoms in total. The Kier molecular flexibility index (Phi) is 3.14. The SMILES string of the molecule is Cc1cc(C)cc(NS(=O)(=O)c2c(N)nc3sccn23)c1. The van der Waals surface area contributed by atoms with Crippen molar-refractivity contribution in [1.82, 2.24) is 9.38 Å². The molecule has 3 rings (SSSR count). The minimum absolute atomic E-state index is 0.00118. The van der Waals surface area contributed by atoms with Gasteiger partial charge in [0.25, 0.3) is 10.0 Å². The van der Waals surface area contributed by atoms with Gasteiger partial charge in [0.1, 0.15) is 0 Å². The van der Waals surface area contributed by atoms with Crippen LogP contribution in [-0.4, -0.2) is 17.8 Å². The summed E-state index contributed by atoms with van der Waals surface area (Å²) >= 11 is 1.33. The Morgan fingerprint density at radius 3 is 2.57 bits per heavy atom. The van der Waals surface area contributed by atoms with Crippen LogP contribution in [0.3, 0.4) is 0 Å². The number of nitrogens with zero attached hydrogens (tertiary/aromatic N) is 2. The molecule has 0 unspecified atom stereocenters. The van der Waals surface area contributed by atoms with Crippen LogP contribution in [0.25, 0.3) is 4.96 Å². The van der Waals surface area contributed by atoms with E-state index >= 15 is 0 Å². The summed E-state index contributed by atoms with van der Waals surface area (Å²) in [5.41, 5.74) is 8.23. The number of anilines is 2. The van der Waals surface area contributed by atoms with E-state index in [1.807, 2.05) is 19.9 Å². The molecule has 0 amide bonds. The molecule has 0 saturated heterocycles. The van der Waals surface area contributed by atoms with Crippen molar-refractivity contribution in [1.29, 1.82) is 0 Å². The molecule has 21 heavy (non-hydrogen) atoms. The fraction of sp³-hybridized carbons (Fsp3) is 0.154. The van der Waals surface area contributed by atoms with Gasteiger partial charge in [0.15, 0.2) is 10.8 Å². The molecule has 110 valence electrons. The van der Waals surface area contributed by atoms with Crippen LogP contribution in [0, 0.1) is 13.8 Å². The zero-order chi connectivity index (χ0) is 15.2. The van der Waals surface area contributed by atoms with Gasteiger partial charge in [-0.3, -0.25) is 9.12 Å². The van der Waals surface area contributed by atoms with E-state index in [4.69, 9.17) is 5.73 Å². The number of hydrogen-bond acceptors (Lipinski definition) is 5. The lowest BCUT2D eigenvalue weighted by Crippen LogP contribution is -2.16.